The first-order valence-corrected chi connectivity index (χ1v) is 5.25. The van der Waals surface area contributed by atoms with Gasteiger partial charge in [-0.25, -0.2) is 4.39 Å². The average Bonchev–Trinajstić information content (AvgIpc) is 2.65. The Morgan fingerprint density at radius 3 is 2.47 bits per heavy atom. The van der Waals surface area contributed by atoms with E-state index in [4.69, 9.17) is 0 Å². The van der Waals surface area contributed by atoms with Crippen LogP contribution in [0.25, 0.3) is 11.1 Å². The minimum absolute atomic E-state index is 0.144. The molecule has 2 nitrogen and oxygen atoms in total. The Balaban J connectivity index is 2.58. The Hall–Kier alpha value is -1.37. The molecule has 1 N–H and O–H groups in total. The van der Waals surface area contributed by atoms with E-state index in [1.807, 2.05) is 0 Å². The monoisotopic (exact) mass is 308 g/mol. The van der Waals surface area contributed by atoms with Gasteiger partial charge in [0.2, 0.25) is 0 Å². The SMILES string of the molecule is Fc1cc(Br)ccc1-c1c[nH]nc1C(F)(F)F. The lowest BCUT2D eigenvalue weighted by atomic mass is 10.1. The maximum Gasteiger partial charge on any atom is 0.435 e. The van der Waals surface area contributed by atoms with Crippen LogP contribution in [0.4, 0.5) is 17.6 Å². The van der Waals surface area contributed by atoms with Gasteiger partial charge >= 0.3 is 6.18 Å². The summed E-state index contributed by atoms with van der Waals surface area (Å²) in [5.74, 6) is -0.744. The Morgan fingerprint density at radius 1 is 1.18 bits per heavy atom. The van der Waals surface area contributed by atoms with Crippen LogP contribution < -0.4 is 0 Å². The van der Waals surface area contributed by atoms with Gasteiger partial charge < -0.3 is 0 Å². The Morgan fingerprint density at radius 2 is 1.88 bits per heavy atom. The predicted molar refractivity (Wildman–Crippen MR) is 56.7 cm³/mol. The summed E-state index contributed by atoms with van der Waals surface area (Å²) in [6.07, 6.45) is -3.59. The second kappa shape index (κ2) is 4.14. The van der Waals surface area contributed by atoms with Crippen molar-refractivity contribution in [3.8, 4) is 11.1 Å². The second-order valence-corrected chi connectivity index (χ2v) is 4.19. The van der Waals surface area contributed by atoms with Crippen LogP contribution in [-0.2, 0) is 6.18 Å². The van der Waals surface area contributed by atoms with E-state index in [-0.39, 0.29) is 11.1 Å². The maximum absolute atomic E-state index is 13.5. The van der Waals surface area contributed by atoms with E-state index in [2.05, 4.69) is 26.1 Å². The third kappa shape index (κ3) is 2.33. The minimum Gasteiger partial charge on any atom is -0.284 e. The minimum atomic E-state index is -4.62. The highest BCUT2D eigenvalue weighted by Gasteiger charge is 2.37. The van der Waals surface area contributed by atoms with Gasteiger partial charge in [0.05, 0.1) is 0 Å². The van der Waals surface area contributed by atoms with Gasteiger partial charge in [-0.15, -0.1) is 0 Å². The maximum atomic E-state index is 13.5. The van der Waals surface area contributed by atoms with Crippen LogP contribution in [0.15, 0.2) is 28.9 Å². The fraction of sp³-hybridized carbons (Fsp3) is 0.100. The lowest BCUT2D eigenvalue weighted by molar-refractivity contribution is -0.140. The largest absolute Gasteiger partial charge is 0.435 e. The van der Waals surface area contributed by atoms with Gasteiger partial charge in [0.25, 0.3) is 0 Å². The second-order valence-electron chi connectivity index (χ2n) is 3.27. The van der Waals surface area contributed by atoms with Gasteiger partial charge in [-0.1, -0.05) is 22.0 Å². The molecule has 0 aliphatic carbocycles. The van der Waals surface area contributed by atoms with Crippen molar-refractivity contribution in [1.82, 2.24) is 10.2 Å². The average molecular weight is 309 g/mol. The predicted octanol–water partition coefficient (Wildman–Crippen LogP) is 4.00. The first-order valence-electron chi connectivity index (χ1n) is 4.46. The molecule has 0 radical (unpaired) electrons. The summed E-state index contributed by atoms with van der Waals surface area (Å²) in [6.45, 7) is 0. The number of halogens is 5. The topological polar surface area (TPSA) is 28.7 Å². The third-order valence-corrected chi connectivity index (χ3v) is 2.62. The van der Waals surface area contributed by atoms with Crippen molar-refractivity contribution >= 4 is 15.9 Å². The number of rotatable bonds is 1. The van der Waals surface area contributed by atoms with Gasteiger partial charge in [0.15, 0.2) is 5.69 Å². The van der Waals surface area contributed by atoms with Crippen LogP contribution in [0.1, 0.15) is 5.69 Å². The zero-order valence-electron chi connectivity index (χ0n) is 8.15. The molecular formula is C10H5BrF4N2. The molecule has 0 spiro atoms. The van der Waals surface area contributed by atoms with Gasteiger partial charge in [-0.05, 0) is 12.1 Å². The summed E-state index contributed by atoms with van der Waals surface area (Å²) < 4.78 is 51.7. The molecule has 0 aliphatic rings. The summed E-state index contributed by atoms with van der Waals surface area (Å²) in [4.78, 5) is 0. The van der Waals surface area contributed by atoms with E-state index in [9.17, 15) is 17.6 Å². The number of hydrogen-bond donors (Lipinski definition) is 1. The zero-order chi connectivity index (χ0) is 12.6. The summed E-state index contributed by atoms with van der Waals surface area (Å²) in [5, 5.41) is 5.20. The number of H-pyrrole nitrogens is 1. The van der Waals surface area contributed by atoms with Crippen LogP contribution in [0.2, 0.25) is 0 Å². The number of nitrogens with zero attached hydrogens (tertiary/aromatic N) is 1. The molecule has 2 aromatic rings. The number of nitrogens with one attached hydrogen (secondary N) is 1. The smallest absolute Gasteiger partial charge is 0.284 e. The van der Waals surface area contributed by atoms with E-state index in [0.29, 0.717) is 4.47 Å². The van der Waals surface area contributed by atoms with Crippen LogP contribution >= 0.6 is 15.9 Å². The number of aromatic nitrogens is 2. The Labute approximate surface area is 102 Å². The first-order chi connectivity index (χ1) is 7.89. The van der Waals surface area contributed by atoms with Crippen LogP contribution in [-0.4, -0.2) is 10.2 Å². The molecule has 0 atom stereocenters. The molecule has 7 heteroatoms. The third-order valence-electron chi connectivity index (χ3n) is 2.13. The van der Waals surface area contributed by atoms with Crippen molar-refractivity contribution in [2.24, 2.45) is 0 Å². The summed E-state index contributed by atoms with van der Waals surface area (Å²) in [5.41, 5.74) is -1.57. The lowest BCUT2D eigenvalue weighted by Gasteiger charge is -2.07. The lowest BCUT2D eigenvalue weighted by Crippen LogP contribution is -2.07. The summed E-state index contributed by atoms with van der Waals surface area (Å²) >= 11 is 3.03. The molecule has 90 valence electrons. The molecule has 0 saturated heterocycles. The van der Waals surface area contributed by atoms with Gasteiger partial charge in [0.1, 0.15) is 5.82 Å². The molecule has 0 saturated carbocycles. The van der Waals surface area contributed by atoms with Crippen LogP contribution in [0.3, 0.4) is 0 Å². The van der Waals surface area contributed by atoms with Crippen molar-refractivity contribution in [1.29, 1.82) is 0 Å². The van der Waals surface area contributed by atoms with E-state index in [1.54, 1.807) is 0 Å². The molecule has 0 aliphatic heterocycles. The number of alkyl halides is 3. The molecule has 1 aromatic heterocycles. The molecule has 0 unspecified atom stereocenters. The fourth-order valence-electron chi connectivity index (χ4n) is 1.42. The molecule has 2 rings (SSSR count). The molecule has 0 amide bonds. The highest BCUT2D eigenvalue weighted by molar-refractivity contribution is 9.10. The van der Waals surface area contributed by atoms with E-state index >= 15 is 0 Å². The van der Waals surface area contributed by atoms with Crippen molar-refractivity contribution < 1.29 is 17.6 Å². The zero-order valence-corrected chi connectivity index (χ0v) is 9.73. The molecular weight excluding hydrogens is 304 g/mol. The van der Waals surface area contributed by atoms with Crippen molar-refractivity contribution in [2.75, 3.05) is 0 Å². The van der Waals surface area contributed by atoms with Crippen molar-refractivity contribution in [3.63, 3.8) is 0 Å². The molecule has 17 heavy (non-hydrogen) atoms. The molecule has 1 aromatic carbocycles. The quantitative estimate of drug-likeness (QED) is 0.793. The van der Waals surface area contributed by atoms with Crippen molar-refractivity contribution in [3.05, 3.63) is 40.4 Å². The van der Waals surface area contributed by atoms with Crippen molar-refractivity contribution in [2.45, 2.75) is 6.18 Å². The van der Waals surface area contributed by atoms with Crippen LogP contribution in [0.5, 0.6) is 0 Å². The van der Waals surface area contributed by atoms with E-state index < -0.39 is 17.7 Å². The molecule has 0 bridgehead atoms. The number of hydrogen-bond acceptors (Lipinski definition) is 1. The molecule has 0 fully saturated rings. The number of aromatic amines is 1. The van der Waals surface area contributed by atoms with E-state index in [1.165, 1.54) is 12.1 Å². The highest BCUT2D eigenvalue weighted by atomic mass is 79.9. The van der Waals surface area contributed by atoms with Crippen LogP contribution in [0, 0.1) is 5.82 Å². The van der Waals surface area contributed by atoms with Gasteiger partial charge in [0, 0.05) is 21.8 Å². The number of benzene rings is 1. The Bertz CT molecular complexity index is 547. The molecule has 1 heterocycles. The van der Waals surface area contributed by atoms with Gasteiger partial charge in [-0.3, -0.25) is 5.10 Å². The fourth-order valence-corrected chi connectivity index (χ4v) is 1.75. The summed E-state index contributed by atoms with van der Waals surface area (Å²) in [7, 11) is 0. The standard InChI is InChI=1S/C10H5BrF4N2/c11-5-1-2-6(8(12)3-5)7-4-16-17-9(7)10(13,14)15/h1-4H,(H,16,17). The highest BCUT2D eigenvalue weighted by Crippen LogP contribution is 2.36. The van der Waals surface area contributed by atoms with Gasteiger partial charge in [-0.2, -0.15) is 18.3 Å². The normalized spacial score (nSPS) is 11.8. The Kier molecular flexibility index (Phi) is 2.94. The first kappa shape index (κ1) is 12.1. The van der Waals surface area contributed by atoms with E-state index in [0.717, 1.165) is 12.3 Å². The summed E-state index contributed by atoms with van der Waals surface area (Å²) in [6, 6.07) is 3.83.